The number of nitro benzene ring substituents is 1. The third-order valence-corrected chi connectivity index (χ3v) is 4.79. The highest BCUT2D eigenvalue weighted by molar-refractivity contribution is 7.13. The summed E-state index contributed by atoms with van der Waals surface area (Å²) in [5.41, 5.74) is 1.70. The van der Waals surface area contributed by atoms with Crippen molar-refractivity contribution in [2.45, 2.75) is 6.42 Å². The maximum atomic E-state index is 13.0. The van der Waals surface area contributed by atoms with Gasteiger partial charge in [-0.05, 0) is 36.4 Å². The van der Waals surface area contributed by atoms with Crippen molar-refractivity contribution in [3.05, 3.63) is 75.5 Å². The number of benzene rings is 2. The number of hydrogen-bond donors (Lipinski definition) is 2. The first-order valence-electron chi connectivity index (χ1n) is 8.46. The summed E-state index contributed by atoms with van der Waals surface area (Å²) in [4.78, 5) is 38.3. The van der Waals surface area contributed by atoms with E-state index >= 15 is 0 Å². The maximum Gasteiger partial charge on any atom is 0.313 e. The fourth-order valence-corrected chi connectivity index (χ4v) is 3.25. The van der Waals surface area contributed by atoms with Crippen LogP contribution in [-0.2, 0) is 16.0 Å². The van der Waals surface area contributed by atoms with Crippen molar-refractivity contribution < 1.29 is 18.9 Å². The Kier molecular flexibility index (Phi) is 6.25. The van der Waals surface area contributed by atoms with Crippen LogP contribution in [0.1, 0.15) is 5.69 Å². The molecule has 0 aliphatic rings. The lowest BCUT2D eigenvalue weighted by Crippen LogP contribution is -2.36. The third-order valence-electron chi connectivity index (χ3n) is 3.85. The van der Waals surface area contributed by atoms with Crippen LogP contribution in [0.3, 0.4) is 0 Å². The summed E-state index contributed by atoms with van der Waals surface area (Å²) in [6.45, 7) is 0.207. The van der Waals surface area contributed by atoms with Crippen LogP contribution in [0.25, 0.3) is 10.6 Å². The molecule has 0 unspecified atom stereocenters. The molecule has 1 aromatic heterocycles. The predicted octanol–water partition coefficient (Wildman–Crippen LogP) is 3.15. The van der Waals surface area contributed by atoms with E-state index in [1.54, 1.807) is 12.1 Å². The number of nitrogens with one attached hydrogen (secondary N) is 2. The number of anilines is 1. The fourth-order valence-electron chi connectivity index (χ4n) is 2.39. The molecule has 8 nitrogen and oxygen atoms in total. The molecule has 0 spiro atoms. The Hall–Kier alpha value is -3.66. The molecule has 0 saturated heterocycles. The van der Waals surface area contributed by atoms with Gasteiger partial charge in [-0.2, -0.15) is 0 Å². The summed E-state index contributed by atoms with van der Waals surface area (Å²) >= 11 is 1.41. The van der Waals surface area contributed by atoms with Gasteiger partial charge in [-0.25, -0.2) is 9.37 Å². The third kappa shape index (κ3) is 5.42. The first-order valence-corrected chi connectivity index (χ1v) is 9.34. The molecule has 3 aromatic rings. The lowest BCUT2D eigenvalue weighted by atomic mass is 10.2. The molecular weight excluding hydrogens is 399 g/mol. The number of halogens is 1. The number of hydrogen-bond acceptors (Lipinski definition) is 6. The summed E-state index contributed by atoms with van der Waals surface area (Å²) in [5.74, 6) is -2.01. The normalized spacial score (nSPS) is 10.4. The molecule has 29 heavy (non-hydrogen) atoms. The quantitative estimate of drug-likeness (QED) is 0.365. The van der Waals surface area contributed by atoms with Gasteiger partial charge in [0.25, 0.3) is 5.69 Å². The van der Waals surface area contributed by atoms with Gasteiger partial charge in [0.2, 0.25) is 0 Å². The number of amides is 2. The Morgan fingerprint density at radius 3 is 2.41 bits per heavy atom. The first kappa shape index (κ1) is 20.1. The number of nitrogens with zero attached hydrogens (tertiary/aromatic N) is 2. The van der Waals surface area contributed by atoms with Gasteiger partial charge >= 0.3 is 11.8 Å². The second-order valence-corrected chi connectivity index (χ2v) is 6.77. The molecule has 0 saturated carbocycles. The zero-order chi connectivity index (χ0) is 20.8. The molecule has 0 atom stereocenters. The second-order valence-electron chi connectivity index (χ2n) is 5.91. The van der Waals surface area contributed by atoms with Crippen LogP contribution in [0, 0.1) is 15.9 Å². The zero-order valence-corrected chi connectivity index (χ0v) is 15.7. The van der Waals surface area contributed by atoms with Gasteiger partial charge < -0.3 is 10.6 Å². The molecule has 0 aliphatic heterocycles. The summed E-state index contributed by atoms with van der Waals surface area (Å²) in [7, 11) is 0. The van der Waals surface area contributed by atoms with Crippen LogP contribution < -0.4 is 10.6 Å². The van der Waals surface area contributed by atoms with Crippen molar-refractivity contribution in [1.82, 2.24) is 10.3 Å². The molecule has 0 bridgehead atoms. The predicted molar refractivity (Wildman–Crippen MR) is 106 cm³/mol. The average Bonchev–Trinajstić information content (AvgIpc) is 3.17. The summed E-state index contributed by atoms with van der Waals surface area (Å²) in [5, 5.41) is 18.0. The molecule has 0 radical (unpaired) electrons. The van der Waals surface area contributed by atoms with E-state index in [1.807, 2.05) is 5.38 Å². The standard InChI is InChI=1S/C19H15FN4O4S/c20-13-3-1-12(2-4-13)19-23-15(11-29-19)9-10-21-17(25)18(26)22-14-5-7-16(8-6-14)24(27)28/h1-8,11H,9-10H2,(H,21,25)(H,22,26). The summed E-state index contributed by atoms with van der Waals surface area (Å²) in [6.07, 6.45) is 0.425. The largest absolute Gasteiger partial charge is 0.347 e. The van der Waals surface area contributed by atoms with Gasteiger partial charge in [0.1, 0.15) is 10.8 Å². The maximum absolute atomic E-state index is 13.0. The van der Waals surface area contributed by atoms with E-state index in [0.29, 0.717) is 6.42 Å². The Balaban J connectivity index is 1.47. The lowest BCUT2D eigenvalue weighted by molar-refractivity contribution is -0.384. The number of rotatable bonds is 6. The topological polar surface area (TPSA) is 114 Å². The van der Waals surface area contributed by atoms with Crippen LogP contribution in [-0.4, -0.2) is 28.3 Å². The molecule has 2 aromatic carbocycles. The minimum absolute atomic E-state index is 0.115. The van der Waals surface area contributed by atoms with E-state index < -0.39 is 16.7 Å². The van der Waals surface area contributed by atoms with Crippen molar-refractivity contribution in [2.24, 2.45) is 0 Å². The first-order chi connectivity index (χ1) is 13.9. The van der Waals surface area contributed by atoms with E-state index in [2.05, 4.69) is 15.6 Å². The molecule has 3 rings (SSSR count). The van der Waals surface area contributed by atoms with E-state index in [0.717, 1.165) is 16.3 Å². The van der Waals surface area contributed by atoms with E-state index in [1.165, 1.54) is 47.7 Å². The second kappa shape index (κ2) is 9.02. The van der Waals surface area contributed by atoms with E-state index in [-0.39, 0.29) is 23.7 Å². The van der Waals surface area contributed by atoms with Crippen LogP contribution in [0.4, 0.5) is 15.8 Å². The SMILES string of the molecule is O=C(NCCc1csc(-c2ccc(F)cc2)n1)C(=O)Nc1ccc([N+](=O)[O-])cc1. The Labute approximate surface area is 168 Å². The number of thiazole rings is 1. The molecule has 2 N–H and O–H groups in total. The van der Waals surface area contributed by atoms with Gasteiger partial charge in [0.05, 0.1) is 10.6 Å². The fraction of sp³-hybridized carbons (Fsp3) is 0.105. The van der Waals surface area contributed by atoms with Crippen molar-refractivity contribution >= 4 is 34.5 Å². The van der Waals surface area contributed by atoms with Gasteiger partial charge in [-0.15, -0.1) is 11.3 Å². The minimum atomic E-state index is -0.871. The smallest absolute Gasteiger partial charge is 0.313 e. The van der Waals surface area contributed by atoms with Crippen molar-refractivity contribution in [2.75, 3.05) is 11.9 Å². The van der Waals surface area contributed by atoms with Gasteiger partial charge in [-0.3, -0.25) is 19.7 Å². The molecule has 1 heterocycles. The van der Waals surface area contributed by atoms with Crippen LogP contribution in [0.5, 0.6) is 0 Å². The highest BCUT2D eigenvalue weighted by Crippen LogP contribution is 2.24. The molecule has 2 amide bonds. The summed E-state index contributed by atoms with van der Waals surface area (Å²) < 4.78 is 13.0. The monoisotopic (exact) mass is 414 g/mol. The molecule has 0 fully saturated rings. The number of nitro groups is 1. The van der Waals surface area contributed by atoms with Gasteiger partial charge in [0, 0.05) is 41.7 Å². The van der Waals surface area contributed by atoms with Gasteiger partial charge in [0.15, 0.2) is 0 Å². The minimum Gasteiger partial charge on any atom is -0.347 e. The number of non-ortho nitro benzene ring substituents is 1. The molecular formula is C19H15FN4O4S. The molecule has 10 heteroatoms. The van der Waals surface area contributed by atoms with Crippen LogP contribution in [0.15, 0.2) is 53.9 Å². The van der Waals surface area contributed by atoms with Crippen molar-refractivity contribution in [3.63, 3.8) is 0 Å². The van der Waals surface area contributed by atoms with Crippen LogP contribution in [0.2, 0.25) is 0 Å². The number of carbonyl (C=O) groups is 2. The van der Waals surface area contributed by atoms with E-state index in [4.69, 9.17) is 0 Å². The highest BCUT2D eigenvalue weighted by atomic mass is 32.1. The highest BCUT2D eigenvalue weighted by Gasteiger charge is 2.14. The van der Waals surface area contributed by atoms with Gasteiger partial charge in [-0.1, -0.05) is 0 Å². The van der Waals surface area contributed by atoms with Crippen LogP contribution >= 0.6 is 11.3 Å². The number of carbonyl (C=O) groups excluding carboxylic acids is 2. The Morgan fingerprint density at radius 1 is 1.07 bits per heavy atom. The molecule has 148 valence electrons. The lowest BCUT2D eigenvalue weighted by Gasteiger charge is -2.05. The molecule has 0 aliphatic carbocycles. The number of aromatic nitrogens is 1. The van der Waals surface area contributed by atoms with Crippen molar-refractivity contribution in [3.8, 4) is 10.6 Å². The Bertz CT molecular complexity index is 1040. The average molecular weight is 414 g/mol. The Morgan fingerprint density at radius 2 is 1.76 bits per heavy atom. The van der Waals surface area contributed by atoms with E-state index in [9.17, 15) is 24.1 Å². The zero-order valence-electron chi connectivity index (χ0n) is 14.9. The van der Waals surface area contributed by atoms with Crippen molar-refractivity contribution in [1.29, 1.82) is 0 Å². The summed E-state index contributed by atoms with van der Waals surface area (Å²) in [6, 6.07) is 11.2.